The summed E-state index contributed by atoms with van der Waals surface area (Å²) in [5.41, 5.74) is 1.83. The minimum atomic E-state index is -0.650. The predicted molar refractivity (Wildman–Crippen MR) is 77.4 cm³/mol. The average Bonchev–Trinajstić information content (AvgIpc) is 2.33. The third-order valence-corrected chi connectivity index (χ3v) is 4.09. The summed E-state index contributed by atoms with van der Waals surface area (Å²) in [4.78, 5) is 4.57. The molecule has 3 heteroatoms. The lowest BCUT2D eigenvalue weighted by Gasteiger charge is -2.41. The molecule has 0 aromatic heterocycles. The molecule has 100 valence electrons. The summed E-state index contributed by atoms with van der Waals surface area (Å²) in [7, 11) is 2.12. The molecule has 1 aromatic carbocycles. The second kappa shape index (κ2) is 4.81. The second-order valence-electron chi connectivity index (χ2n) is 5.84. The number of para-hydroxylation sites is 2. The minimum Gasteiger partial charge on any atom is -0.388 e. The molecule has 0 spiro atoms. The number of rotatable bonds is 3. The first kappa shape index (κ1) is 13.2. The topological polar surface area (TPSA) is 26.7 Å². The van der Waals surface area contributed by atoms with E-state index in [0.29, 0.717) is 6.54 Å². The van der Waals surface area contributed by atoms with Crippen LogP contribution in [0.1, 0.15) is 20.8 Å². The first-order chi connectivity index (χ1) is 8.42. The highest BCUT2D eigenvalue weighted by atomic mass is 16.3. The molecule has 0 aliphatic carbocycles. The molecule has 18 heavy (non-hydrogen) atoms. The van der Waals surface area contributed by atoms with E-state index < -0.39 is 5.60 Å². The first-order valence-corrected chi connectivity index (χ1v) is 6.69. The highest BCUT2D eigenvalue weighted by molar-refractivity contribution is 5.73. The summed E-state index contributed by atoms with van der Waals surface area (Å²) < 4.78 is 0. The van der Waals surface area contributed by atoms with Crippen molar-refractivity contribution in [2.45, 2.75) is 26.4 Å². The Hall–Kier alpha value is -1.22. The van der Waals surface area contributed by atoms with Gasteiger partial charge in [-0.05, 0) is 25.0 Å². The van der Waals surface area contributed by atoms with Crippen LogP contribution >= 0.6 is 0 Å². The number of aliphatic hydroxyl groups is 1. The normalized spacial score (nSPS) is 18.8. The number of fused-ring (bicyclic) bond motifs is 1. The minimum absolute atomic E-state index is 0.254. The molecule has 0 fully saturated rings. The van der Waals surface area contributed by atoms with E-state index in [2.05, 4.69) is 55.0 Å². The molecule has 1 N–H and O–H groups in total. The Morgan fingerprint density at radius 1 is 1.22 bits per heavy atom. The zero-order chi connectivity index (χ0) is 13.3. The fraction of sp³-hybridized carbons (Fsp3) is 0.600. The van der Waals surface area contributed by atoms with Gasteiger partial charge in [-0.3, -0.25) is 0 Å². The lowest BCUT2D eigenvalue weighted by atomic mass is 9.91. The molecule has 3 nitrogen and oxygen atoms in total. The third kappa shape index (κ3) is 2.46. The molecule has 0 radical (unpaired) electrons. The maximum Gasteiger partial charge on any atom is 0.0816 e. The maximum absolute atomic E-state index is 10.5. The molecular weight excluding hydrogens is 224 g/mol. The lowest BCUT2D eigenvalue weighted by Crippen LogP contribution is -2.49. The predicted octanol–water partition coefficient (Wildman–Crippen LogP) is 2.35. The van der Waals surface area contributed by atoms with Crippen molar-refractivity contribution in [3.05, 3.63) is 24.3 Å². The molecule has 1 heterocycles. The van der Waals surface area contributed by atoms with Gasteiger partial charge < -0.3 is 14.9 Å². The Balaban J connectivity index is 2.24. The summed E-state index contributed by atoms with van der Waals surface area (Å²) >= 11 is 0. The van der Waals surface area contributed by atoms with Crippen LogP contribution in [0.5, 0.6) is 0 Å². The van der Waals surface area contributed by atoms with E-state index in [1.54, 1.807) is 0 Å². The maximum atomic E-state index is 10.5. The van der Waals surface area contributed by atoms with Crippen LogP contribution in [-0.2, 0) is 0 Å². The lowest BCUT2D eigenvalue weighted by molar-refractivity contribution is 0.0206. The van der Waals surface area contributed by atoms with Crippen molar-refractivity contribution in [1.82, 2.24) is 0 Å². The Labute approximate surface area is 110 Å². The first-order valence-electron chi connectivity index (χ1n) is 6.69. The van der Waals surface area contributed by atoms with Crippen LogP contribution in [0.15, 0.2) is 24.3 Å². The molecule has 1 atom stereocenters. The zero-order valence-electron chi connectivity index (χ0n) is 11.8. The number of β-amino-alcohol motifs (C(OH)–C–C–N with tert-alkyl or cyclic N) is 1. The van der Waals surface area contributed by atoms with E-state index in [9.17, 15) is 5.11 Å². The fourth-order valence-electron chi connectivity index (χ4n) is 2.30. The van der Waals surface area contributed by atoms with Gasteiger partial charge in [-0.1, -0.05) is 26.0 Å². The monoisotopic (exact) mass is 248 g/mol. The Morgan fingerprint density at radius 2 is 1.83 bits per heavy atom. The van der Waals surface area contributed by atoms with Crippen molar-refractivity contribution in [2.24, 2.45) is 5.92 Å². The summed E-state index contributed by atoms with van der Waals surface area (Å²) in [6.45, 7) is 8.74. The molecule has 0 amide bonds. The van der Waals surface area contributed by atoms with Crippen LogP contribution in [0.25, 0.3) is 0 Å². The van der Waals surface area contributed by atoms with E-state index in [-0.39, 0.29) is 5.92 Å². The standard InChI is InChI=1S/C15H24N2O/c1-12(2)15(3,18)11-17-10-9-16(4)13-7-5-6-8-14(13)17/h5-8,12,18H,9-11H2,1-4H3. The number of likely N-dealkylation sites (N-methyl/N-ethyl adjacent to an activating group) is 1. The van der Waals surface area contributed by atoms with Crippen molar-refractivity contribution < 1.29 is 5.11 Å². The van der Waals surface area contributed by atoms with E-state index in [0.717, 1.165) is 13.1 Å². The van der Waals surface area contributed by atoms with Gasteiger partial charge in [0.1, 0.15) is 0 Å². The smallest absolute Gasteiger partial charge is 0.0816 e. The van der Waals surface area contributed by atoms with E-state index >= 15 is 0 Å². The van der Waals surface area contributed by atoms with Crippen molar-refractivity contribution in [3.8, 4) is 0 Å². The summed E-state index contributed by atoms with van der Waals surface area (Å²) in [5.74, 6) is 0.254. The van der Waals surface area contributed by atoms with Gasteiger partial charge in [-0.25, -0.2) is 0 Å². The van der Waals surface area contributed by atoms with Gasteiger partial charge in [-0.15, -0.1) is 0 Å². The Bertz CT molecular complexity index is 415. The number of anilines is 2. The number of nitrogens with zero attached hydrogens (tertiary/aromatic N) is 2. The van der Waals surface area contributed by atoms with E-state index in [1.165, 1.54) is 11.4 Å². The average molecular weight is 248 g/mol. The molecule has 1 aliphatic heterocycles. The summed E-state index contributed by atoms with van der Waals surface area (Å²) in [6, 6.07) is 8.42. The largest absolute Gasteiger partial charge is 0.388 e. The molecule has 0 saturated carbocycles. The van der Waals surface area contributed by atoms with Crippen LogP contribution in [-0.4, -0.2) is 37.4 Å². The van der Waals surface area contributed by atoms with Crippen molar-refractivity contribution in [2.75, 3.05) is 36.5 Å². The molecule has 1 unspecified atom stereocenters. The van der Waals surface area contributed by atoms with Gasteiger partial charge in [0.05, 0.1) is 17.0 Å². The number of benzene rings is 1. The third-order valence-electron chi connectivity index (χ3n) is 4.09. The molecule has 0 bridgehead atoms. The van der Waals surface area contributed by atoms with Gasteiger partial charge in [0, 0.05) is 26.7 Å². The van der Waals surface area contributed by atoms with Gasteiger partial charge in [0.15, 0.2) is 0 Å². The molecule has 1 aliphatic rings. The van der Waals surface area contributed by atoms with Gasteiger partial charge in [-0.2, -0.15) is 0 Å². The SMILES string of the molecule is CC(C)C(C)(O)CN1CCN(C)c2ccccc21. The Kier molecular flexibility index (Phi) is 3.53. The van der Waals surface area contributed by atoms with Crippen LogP contribution in [0.4, 0.5) is 11.4 Å². The highest BCUT2D eigenvalue weighted by Gasteiger charge is 2.30. The van der Waals surface area contributed by atoms with Gasteiger partial charge in [0.2, 0.25) is 0 Å². The van der Waals surface area contributed by atoms with Crippen LogP contribution in [0.3, 0.4) is 0 Å². The van der Waals surface area contributed by atoms with Crippen molar-refractivity contribution in [3.63, 3.8) is 0 Å². The van der Waals surface area contributed by atoms with E-state index in [4.69, 9.17) is 0 Å². The number of hydrogen-bond acceptors (Lipinski definition) is 3. The molecule has 2 rings (SSSR count). The molecule has 1 aromatic rings. The van der Waals surface area contributed by atoms with Crippen LogP contribution in [0, 0.1) is 5.92 Å². The van der Waals surface area contributed by atoms with Crippen LogP contribution < -0.4 is 9.80 Å². The Morgan fingerprint density at radius 3 is 2.44 bits per heavy atom. The fourth-order valence-corrected chi connectivity index (χ4v) is 2.30. The van der Waals surface area contributed by atoms with Crippen LogP contribution in [0.2, 0.25) is 0 Å². The molecular formula is C15H24N2O. The van der Waals surface area contributed by atoms with Crippen molar-refractivity contribution >= 4 is 11.4 Å². The highest BCUT2D eigenvalue weighted by Crippen LogP contribution is 2.33. The van der Waals surface area contributed by atoms with Crippen molar-refractivity contribution in [1.29, 1.82) is 0 Å². The summed E-state index contributed by atoms with van der Waals surface area (Å²) in [5, 5.41) is 10.5. The zero-order valence-corrected chi connectivity index (χ0v) is 11.8. The number of hydrogen-bond donors (Lipinski definition) is 1. The molecule has 0 saturated heterocycles. The van der Waals surface area contributed by atoms with E-state index in [1.807, 2.05) is 6.92 Å². The quantitative estimate of drug-likeness (QED) is 0.889. The van der Waals surface area contributed by atoms with Gasteiger partial charge >= 0.3 is 0 Å². The second-order valence-corrected chi connectivity index (χ2v) is 5.84. The van der Waals surface area contributed by atoms with Gasteiger partial charge in [0.25, 0.3) is 0 Å². The summed E-state index contributed by atoms with van der Waals surface area (Å²) in [6.07, 6.45) is 0.